The molecule has 1 heterocycles. The fraction of sp³-hybridized carbons (Fsp3) is 0.538. The Bertz CT molecular complexity index is 397. The second-order valence-electron chi connectivity index (χ2n) is 4.64. The van der Waals surface area contributed by atoms with Crippen molar-refractivity contribution < 1.29 is 4.74 Å². The van der Waals surface area contributed by atoms with Gasteiger partial charge in [-0.05, 0) is 56.5 Å². The van der Waals surface area contributed by atoms with Crippen LogP contribution in [0.2, 0.25) is 0 Å². The van der Waals surface area contributed by atoms with E-state index >= 15 is 0 Å². The zero-order valence-electron chi connectivity index (χ0n) is 10.1. The van der Waals surface area contributed by atoms with Crippen molar-refractivity contribution in [3.63, 3.8) is 0 Å². The number of halogens is 1. The number of methoxy groups -OCH3 is 1. The summed E-state index contributed by atoms with van der Waals surface area (Å²) in [5.74, 6) is 0.919. The molecule has 2 nitrogen and oxygen atoms in total. The minimum Gasteiger partial charge on any atom is -0.497 e. The normalized spacial score (nSPS) is 24.8. The van der Waals surface area contributed by atoms with Crippen molar-refractivity contribution in [3.05, 3.63) is 27.7 Å². The molecule has 0 amide bonds. The van der Waals surface area contributed by atoms with E-state index in [0.717, 1.165) is 16.8 Å². The lowest BCUT2D eigenvalue weighted by molar-refractivity contribution is 0.402. The summed E-state index contributed by atoms with van der Waals surface area (Å²) in [6.07, 6.45) is 2.43. The van der Waals surface area contributed by atoms with Crippen molar-refractivity contribution in [3.8, 4) is 5.75 Å². The van der Waals surface area contributed by atoms with Gasteiger partial charge in [0.25, 0.3) is 0 Å². The first-order chi connectivity index (χ1) is 7.57. The Balaban J connectivity index is 2.50. The molecule has 3 heteroatoms. The van der Waals surface area contributed by atoms with Gasteiger partial charge in [-0.25, -0.2) is 0 Å². The van der Waals surface area contributed by atoms with E-state index in [1.807, 2.05) is 6.07 Å². The monoisotopic (exact) mass is 283 g/mol. The van der Waals surface area contributed by atoms with Crippen LogP contribution in [0.3, 0.4) is 0 Å². The van der Waals surface area contributed by atoms with Crippen LogP contribution in [0.4, 0.5) is 0 Å². The summed E-state index contributed by atoms with van der Waals surface area (Å²) in [5.41, 5.74) is 2.75. The standard InChI is InChI=1S/C13H18BrNO/c1-9-11(13(2)5-4-6-15-13)7-10(16-3)8-12(9)14/h7-8,15H,4-6H2,1-3H3. The van der Waals surface area contributed by atoms with Crippen LogP contribution in [0.15, 0.2) is 16.6 Å². The molecule has 16 heavy (non-hydrogen) atoms. The lowest BCUT2D eigenvalue weighted by Gasteiger charge is -2.28. The summed E-state index contributed by atoms with van der Waals surface area (Å²) in [6, 6.07) is 4.18. The van der Waals surface area contributed by atoms with Gasteiger partial charge in [0.1, 0.15) is 5.75 Å². The first-order valence-corrected chi connectivity index (χ1v) is 6.46. The van der Waals surface area contributed by atoms with Crippen LogP contribution in [0, 0.1) is 6.92 Å². The fourth-order valence-electron chi connectivity index (χ4n) is 2.47. The second-order valence-corrected chi connectivity index (χ2v) is 5.50. The van der Waals surface area contributed by atoms with Crippen molar-refractivity contribution in [2.75, 3.05) is 13.7 Å². The van der Waals surface area contributed by atoms with Gasteiger partial charge in [0, 0.05) is 10.0 Å². The molecule has 1 atom stereocenters. The Labute approximate surface area is 106 Å². The van der Waals surface area contributed by atoms with Crippen molar-refractivity contribution >= 4 is 15.9 Å². The zero-order chi connectivity index (χ0) is 11.8. The lowest BCUT2D eigenvalue weighted by atomic mass is 9.87. The zero-order valence-corrected chi connectivity index (χ0v) is 11.6. The number of rotatable bonds is 2. The number of nitrogens with one attached hydrogen (secondary N) is 1. The predicted molar refractivity (Wildman–Crippen MR) is 70.0 cm³/mol. The molecule has 1 saturated heterocycles. The molecule has 0 bridgehead atoms. The van der Waals surface area contributed by atoms with E-state index in [1.165, 1.54) is 24.0 Å². The Morgan fingerprint density at radius 2 is 2.19 bits per heavy atom. The largest absolute Gasteiger partial charge is 0.497 e. The van der Waals surface area contributed by atoms with Crippen LogP contribution in [0.5, 0.6) is 5.75 Å². The molecule has 1 fully saturated rings. The van der Waals surface area contributed by atoms with E-state index in [1.54, 1.807) is 7.11 Å². The van der Waals surface area contributed by atoms with Gasteiger partial charge in [0.2, 0.25) is 0 Å². The molecular weight excluding hydrogens is 266 g/mol. The fourth-order valence-corrected chi connectivity index (χ4v) is 2.91. The molecule has 0 saturated carbocycles. The average molecular weight is 284 g/mol. The Morgan fingerprint density at radius 1 is 1.44 bits per heavy atom. The summed E-state index contributed by atoms with van der Waals surface area (Å²) < 4.78 is 6.46. The molecule has 1 N–H and O–H groups in total. The van der Waals surface area contributed by atoms with Crippen LogP contribution in [-0.2, 0) is 5.54 Å². The quantitative estimate of drug-likeness (QED) is 0.899. The van der Waals surface area contributed by atoms with E-state index < -0.39 is 0 Å². The third-order valence-electron chi connectivity index (χ3n) is 3.52. The van der Waals surface area contributed by atoms with Crippen LogP contribution in [-0.4, -0.2) is 13.7 Å². The Kier molecular flexibility index (Phi) is 3.27. The molecule has 0 aromatic heterocycles. The lowest BCUT2D eigenvalue weighted by Crippen LogP contribution is -2.34. The van der Waals surface area contributed by atoms with E-state index in [-0.39, 0.29) is 5.54 Å². The first kappa shape index (κ1) is 11.9. The number of hydrogen-bond donors (Lipinski definition) is 1. The topological polar surface area (TPSA) is 21.3 Å². The average Bonchev–Trinajstić information content (AvgIpc) is 2.70. The summed E-state index contributed by atoms with van der Waals surface area (Å²) in [6.45, 7) is 5.53. The Hall–Kier alpha value is -0.540. The SMILES string of the molecule is COc1cc(Br)c(C)c(C2(C)CCCN2)c1. The van der Waals surface area contributed by atoms with Gasteiger partial charge in [0.05, 0.1) is 7.11 Å². The van der Waals surface area contributed by atoms with Crippen molar-refractivity contribution in [2.24, 2.45) is 0 Å². The van der Waals surface area contributed by atoms with Gasteiger partial charge in [-0.15, -0.1) is 0 Å². The number of hydrogen-bond acceptors (Lipinski definition) is 2. The minimum atomic E-state index is 0.0984. The van der Waals surface area contributed by atoms with Crippen LogP contribution >= 0.6 is 15.9 Å². The maximum atomic E-state index is 5.34. The molecular formula is C13H18BrNO. The van der Waals surface area contributed by atoms with E-state index in [9.17, 15) is 0 Å². The van der Waals surface area contributed by atoms with E-state index in [4.69, 9.17) is 4.74 Å². The molecule has 1 aliphatic rings. The van der Waals surface area contributed by atoms with Gasteiger partial charge >= 0.3 is 0 Å². The molecule has 0 aliphatic carbocycles. The molecule has 0 radical (unpaired) electrons. The van der Waals surface area contributed by atoms with E-state index in [2.05, 4.69) is 41.2 Å². The molecule has 2 rings (SSSR count). The maximum absolute atomic E-state index is 5.34. The summed E-state index contributed by atoms with van der Waals surface area (Å²) in [5, 5.41) is 3.59. The molecule has 1 aromatic carbocycles. The van der Waals surface area contributed by atoms with Crippen molar-refractivity contribution in [1.29, 1.82) is 0 Å². The summed E-state index contributed by atoms with van der Waals surface area (Å²) in [7, 11) is 1.71. The minimum absolute atomic E-state index is 0.0984. The third kappa shape index (κ3) is 1.98. The highest BCUT2D eigenvalue weighted by molar-refractivity contribution is 9.10. The van der Waals surface area contributed by atoms with Crippen LogP contribution in [0.1, 0.15) is 30.9 Å². The van der Waals surface area contributed by atoms with Crippen molar-refractivity contribution in [1.82, 2.24) is 5.32 Å². The first-order valence-electron chi connectivity index (χ1n) is 5.66. The number of ether oxygens (including phenoxy) is 1. The predicted octanol–water partition coefficient (Wildman–Crippen LogP) is 3.36. The van der Waals surface area contributed by atoms with Gasteiger partial charge in [-0.2, -0.15) is 0 Å². The molecule has 0 spiro atoms. The highest BCUT2D eigenvalue weighted by Crippen LogP contribution is 2.37. The molecule has 88 valence electrons. The van der Waals surface area contributed by atoms with Crippen molar-refractivity contribution in [2.45, 2.75) is 32.2 Å². The number of benzene rings is 1. The second kappa shape index (κ2) is 4.38. The highest BCUT2D eigenvalue weighted by atomic mass is 79.9. The summed E-state index contributed by atoms with van der Waals surface area (Å²) >= 11 is 3.60. The van der Waals surface area contributed by atoms with Crippen LogP contribution < -0.4 is 10.1 Å². The van der Waals surface area contributed by atoms with Gasteiger partial charge in [-0.3, -0.25) is 0 Å². The van der Waals surface area contributed by atoms with Crippen LogP contribution in [0.25, 0.3) is 0 Å². The highest BCUT2D eigenvalue weighted by Gasteiger charge is 2.32. The van der Waals surface area contributed by atoms with Gasteiger partial charge < -0.3 is 10.1 Å². The maximum Gasteiger partial charge on any atom is 0.120 e. The molecule has 1 aliphatic heterocycles. The van der Waals surface area contributed by atoms with E-state index in [0.29, 0.717) is 0 Å². The summed E-state index contributed by atoms with van der Waals surface area (Å²) in [4.78, 5) is 0. The van der Waals surface area contributed by atoms with Gasteiger partial charge in [0.15, 0.2) is 0 Å². The third-order valence-corrected chi connectivity index (χ3v) is 4.34. The molecule has 1 aromatic rings. The Morgan fingerprint density at radius 3 is 2.75 bits per heavy atom. The van der Waals surface area contributed by atoms with Gasteiger partial charge in [-0.1, -0.05) is 15.9 Å². The smallest absolute Gasteiger partial charge is 0.120 e. The molecule has 1 unspecified atom stereocenters.